The van der Waals surface area contributed by atoms with Crippen molar-refractivity contribution in [1.29, 1.82) is 0 Å². The molecule has 4 rings (SSSR count). The lowest BCUT2D eigenvalue weighted by Gasteiger charge is -2.39. The highest BCUT2D eigenvalue weighted by Gasteiger charge is 2.36. The van der Waals surface area contributed by atoms with Crippen molar-refractivity contribution in [1.82, 2.24) is 14.9 Å². The monoisotopic (exact) mass is 382 g/mol. The van der Waals surface area contributed by atoms with E-state index in [0.29, 0.717) is 25.6 Å². The van der Waals surface area contributed by atoms with Gasteiger partial charge in [-0.05, 0) is 18.4 Å². The van der Waals surface area contributed by atoms with Crippen LogP contribution in [0, 0.1) is 5.92 Å². The Kier molecular flexibility index (Phi) is 5.71. The summed E-state index contributed by atoms with van der Waals surface area (Å²) in [4.78, 5) is 26.0. The van der Waals surface area contributed by atoms with E-state index in [1.165, 1.54) is 0 Å². The Morgan fingerprint density at radius 2 is 1.93 bits per heavy atom. The Morgan fingerprint density at radius 1 is 1.14 bits per heavy atom. The van der Waals surface area contributed by atoms with Crippen LogP contribution >= 0.6 is 0 Å². The molecular weight excluding hydrogens is 356 g/mol. The number of amides is 1. The lowest BCUT2D eigenvalue weighted by molar-refractivity contribution is -0.145. The molecule has 1 amide bonds. The Hall–Kier alpha value is -2.67. The van der Waals surface area contributed by atoms with Crippen LogP contribution in [0.1, 0.15) is 24.5 Å². The summed E-state index contributed by atoms with van der Waals surface area (Å²) >= 11 is 0. The van der Waals surface area contributed by atoms with E-state index >= 15 is 0 Å². The smallest absolute Gasteiger partial charge is 0.233 e. The molecule has 7 heteroatoms. The summed E-state index contributed by atoms with van der Waals surface area (Å²) in [5.74, 6) is 1.37. The molecule has 148 valence electrons. The highest BCUT2D eigenvalue weighted by molar-refractivity contribution is 5.80. The van der Waals surface area contributed by atoms with Gasteiger partial charge in [-0.15, -0.1) is 0 Å². The second kappa shape index (κ2) is 8.56. The van der Waals surface area contributed by atoms with Gasteiger partial charge in [0.25, 0.3) is 0 Å². The molecule has 2 aliphatic rings. The van der Waals surface area contributed by atoms with E-state index in [9.17, 15) is 4.79 Å². The molecule has 0 N–H and O–H groups in total. The molecule has 7 nitrogen and oxygen atoms in total. The zero-order valence-corrected chi connectivity index (χ0v) is 16.2. The quantitative estimate of drug-likeness (QED) is 0.808. The SMILES string of the molecule is COc1cncc(N2CCN(C(=O)C3CCCOC3c3ccccc3)CC2)n1. The Bertz CT molecular complexity index is 793. The molecule has 0 spiro atoms. The van der Waals surface area contributed by atoms with Gasteiger partial charge in [-0.2, -0.15) is 4.98 Å². The number of aromatic nitrogens is 2. The molecule has 2 saturated heterocycles. The van der Waals surface area contributed by atoms with E-state index in [1.807, 2.05) is 23.1 Å². The predicted octanol–water partition coefficient (Wildman–Crippen LogP) is 2.30. The normalized spacial score (nSPS) is 22.8. The molecule has 0 aliphatic carbocycles. The minimum atomic E-state index is -0.148. The van der Waals surface area contributed by atoms with Crippen LogP contribution in [-0.2, 0) is 9.53 Å². The van der Waals surface area contributed by atoms with Gasteiger partial charge in [0, 0.05) is 32.8 Å². The third-order valence-electron chi connectivity index (χ3n) is 5.49. The topological polar surface area (TPSA) is 67.8 Å². The zero-order chi connectivity index (χ0) is 19.3. The highest BCUT2D eigenvalue weighted by Crippen LogP contribution is 2.35. The zero-order valence-electron chi connectivity index (χ0n) is 16.2. The molecule has 1 aromatic carbocycles. The first-order chi connectivity index (χ1) is 13.8. The van der Waals surface area contributed by atoms with Crippen molar-refractivity contribution in [2.45, 2.75) is 18.9 Å². The predicted molar refractivity (Wildman–Crippen MR) is 105 cm³/mol. The van der Waals surface area contributed by atoms with Crippen LogP contribution < -0.4 is 9.64 Å². The second-order valence-corrected chi connectivity index (χ2v) is 7.18. The van der Waals surface area contributed by atoms with Gasteiger partial charge in [0.2, 0.25) is 11.8 Å². The van der Waals surface area contributed by atoms with Crippen molar-refractivity contribution < 1.29 is 14.3 Å². The van der Waals surface area contributed by atoms with Crippen molar-refractivity contribution in [2.75, 3.05) is 44.8 Å². The van der Waals surface area contributed by atoms with Gasteiger partial charge in [-0.1, -0.05) is 30.3 Å². The summed E-state index contributed by atoms with van der Waals surface area (Å²) in [5, 5.41) is 0. The Balaban J connectivity index is 1.41. The average Bonchev–Trinajstić information content (AvgIpc) is 2.79. The van der Waals surface area contributed by atoms with Crippen molar-refractivity contribution >= 4 is 11.7 Å². The molecule has 2 atom stereocenters. The number of benzene rings is 1. The lowest BCUT2D eigenvalue weighted by Crippen LogP contribution is -2.51. The van der Waals surface area contributed by atoms with Gasteiger partial charge in [0.1, 0.15) is 0 Å². The molecule has 0 saturated carbocycles. The number of hydrogen-bond donors (Lipinski definition) is 0. The summed E-state index contributed by atoms with van der Waals surface area (Å²) in [6.45, 7) is 3.53. The highest BCUT2D eigenvalue weighted by atomic mass is 16.5. The first kappa shape index (κ1) is 18.7. The number of carbonyl (C=O) groups excluding carboxylic acids is 1. The summed E-state index contributed by atoms with van der Waals surface area (Å²) in [5.41, 5.74) is 1.09. The third kappa shape index (κ3) is 3.94. The molecule has 2 aromatic rings. The minimum absolute atomic E-state index is 0.112. The van der Waals surface area contributed by atoms with Gasteiger partial charge in [0.05, 0.1) is 31.5 Å². The number of nitrogens with zero attached hydrogens (tertiary/aromatic N) is 4. The first-order valence-corrected chi connectivity index (χ1v) is 9.82. The first-order valence-electron chi connectivity index (χ1n) is 9.82. The number of rotatable bonds is 4. The number of ether oxygens (including phenoxy) is 2. The lowest BCUT2D eigenvalue weighted by atomic mass is 9.88. The molecule has 2 unspecified atom stereocenters. The fourth-order valence-electron chi connectivity index (χ4n) is 3.98. The molecule has 1 aromatic heterocycles. The molecule has 0 bridgehead atoms. The number of piperazine rings is 1. The van der Waals surface area contributed by atoms with E-state index in [1.54, 1.807) is 19.5 Å². The van der Waals surface area contributed by atoms with Crippen LogP contribution in [0.15, 0.2) is 42.7 Å². The Labute approximate surface area is 165 Å². The largest absolute Gasteiger partial charge is 0.480 e. The number of carbonyl (C=O) groups is 1. The van der Waals surface area contributed by atoms with Gasteiger partial charge >= 0.3 is 0 Å². The minimum Gasteiger partial charge on any atom is -0.480 e. The van der Waals surface area contributed by atoms with Crippen molar-refractivity contribution in [3.05, 3.63) is 48.3 Å². The number of hydrogen-bond acceptors (Lipinski definition) is 6. The van der Waals surface area contributed by atoms with Crippen LogP contribution in [0.3, 0.4) is 0 Å². The maximum absolute atomic E-state index is 13.3. The van der Waals surface area contributed by atoms with E-state index < -0.39 is 0 Å². The fraction of sp³-hybridized carbons (Fsp3) is 0.476. The standard InChI is InChI=1S/C21H26N4O3/c1-27-19-15-22-14-18(23-19)24-9-11-25(12-10-24)21(26)17-8-5-13-28-20(17)16-6-3-2-4-7-16/h2-4,6-7,14-15,17,20H,5,8-13H2,1H3. The van der Waals surface area contributed by atoms with Gasteiger partial charge in [-0.3, -0.25) is 9.78 Å². The molecule has 3 heterocycles. The van der Waals surface area contributed by atoms with Gasteiger partial charge < -0.3 is 19.3 Å². The number of anilines is 1. The maximum Gasteiger partial charge on any atom is 0.233 e. The van der Waals surface area contributed by atoms with Crippen molar-refractivity contribution in [3.63, 3.8) is 0 Å². The molecule has 2 aliphatic heterocycles. The van der Waals surface area contributed by atoms with Crippen LogP contribution in [-0.4, -0.2) is 60.7 Å². The second-order valence-electron chi connectivity index (χ2n) is 7.18. The van der Waals surface area contributed by atoms with E-state index in [-0.39, 0.29) is 17.9 Å². The Morgan fingerprint density at radius 3 is 2.68 bits per heavy atom. The van der Waals surface area contributed by atoms with E-state index in [2.05, 4.69) is 27.0 Å². The van der Waals surface area contributed by atoms with Gasteiger partial charge in [0.15, 0.2) is 5.82 Å². The van der Waals surface area contributed by atoms with Crippen molar-refractivity contribution in [3.8, 4) is 5.88 Å². The van der Waals surface area contributed by atoms with E-state index in [4.69, 9.17) is 9.47 Å². The maximum atomic E-state index is 13.3. The van der Waals surface area contributed by atoms with Crippen LogP contribution in [0.4, 0.5) is 5.82 Å². The average molecular weight is 382 g/mol. The fourth-order valence-corrected chi connectivity index (χ4v) is 3.98. The summed E-state index contributed by atoms with van der Waals surface area (Å²) in [6, 6.07) is 10.1. The third-order valence-corrected chi connectivity index (χ3v) is 5.49. The van der Waals surface area contributed by atoms with Crippen LogP contribution in [0.25, 0.3) is 0 Å². The molecule has 28 heavy (non-hydrogen) atoms. The molecule has 2 fully saturated rings. The van der Waals surface area contributed by atoms with Crippen molar-refractivity contribution in [2.24, 2.45) is 5.92 Å². The number of methoxy groups -OCH3 is 1. The molecule has 0 radical (unpaired) electrons. The summed E-state index contributed by atoms with van der Waals surface area (Å²) in [6.07, 6.45) is 4.99. The van der Waals surface area contributed by atoms with Crippen LogP contribution in [0.5, 0.6) is 5.88 Å². The van der Waals surface area contributed by atoms with E-state index in [0.717, 1.165) is 37.3 Å². The van der Waals surface area contributed by atoms with Gasteiger partial charge in [-0.25, -0.2) is 0 Å². The summed E-state index contributed by atoms with van der Waals surface area (Å²) in [7, 11) is 1.58. The molecular formula is C21H26N4O3. The van der Waals surface area contributed by atoms with Crippen LogP contribution in [0.2, 0.25) is 0 Å². The summed E-state index contributed by atoms with van der Waals surface area (Å²) < 4.78 is 11.2.